The molecule has 2 fully saturated rings. The predicted octanol–water partition coefficient (Wildman–Crippen LogP) is 4.87. The number of ether oxygens (including phenoxy) is 2. The van der Waals surface area contributed by atoms with Crippen LogP contribution in [0.4, 0.5) is 18.9 Å². The van der Waals surface area contributed by atoms with E-state index in [0.717, 1.165) is 31.4 Å². The summed E-state index contributed by atoms with van der Waals surface area (Å²) in [6, 6.07) is 9.64. The van der Waals surface area contributed by atoms with Crippen LogP contribution in [0.3, 0.4) is 0 Å². The van der Waals surface area contributed by atoms with E-state index in [1.807, 2.05) is 25.1 Å². The second-order valence-corrected chi connectivity index (χ2v) is 13.2. The minimum Gasteiger partial charge on any atom is -0.489 e. The van der Waals surface area contributed by atoms with Crippen molar-refractivity contribution >= 4 is 23.6 Å². The number of rotatable bonds is 10. The molecule has 252 valence electrons. The van der Waals surface area contributed by atoms with Gasteiger partial charge in [0, 0.05) is 41.0 Å². The first-order chi connectivity index (χ1) is 22.9. The second-order valence-electron chi connectivity index (χ2n) is 13.2. The largest absolute Gasteiger partial charge is 0.489 e. The van der Waals surface area contributed by atoms with E-state index in [4.69, 9.17) is 9.47 Å². The highest BCUT2D eigenvalue weighted by molar-refractivity contribution is 5.97. The number of benzene rings is 2. The molecule has 2 aromatic carbocycles. The fourth-order valence-corrected chi connectivity index (χ4v) is 5.80. The Balaban J connectivity index is 1.24. The number of hydrogen-bond donors (Lipinski definition) is 4. The third-order valence-electron chi connectivity index (χ3n) is 9.31. The van der Waals surface area contributed by atoms with Gasteiger partial charge < -0.3 is 25.2 Å². The molecule has 4 N–H and O–H groups in total. The monoisotopic (exact) mass is 663 g/mol. The number of fused-ring (bicyclic) bond motifs is 2. The molecule has 2 amide bonds. The van der Waals surface area contributed by atoms with Gasteiger partial charge in [-0.15, -0.1) is 0 Å². The van der Waals surface area contributed by atoms with Crippen LogP contribution in [-0.2, 0) is 15.8 Å². The van der Waals surface area contributed by atoms with Crippen LogP contribution in [0.15, 0.2) is 48.2 Å². The smallest absolute Gasteiger partial charge is 0.274 e. The number of hydrogen-bond acceptors (Lipinski definition) is 8. The number of anilines is 1. The molecule has 13 heteroatoms. The van der Waals surface area contributed by atoms with Gasteiger partial charge in [-0.3, -0.25) is 20.0 Å². The number of aliphatic hydroxyl groups is 1. The molecule has 4 aliphatic rings. The third kappa shape index (κ3) is 5.80. The number of carbonyl (C=O) groups excluding carboxylic acids is 2. The number of aromatic nitrogens is 1. The summed E-state index contributed by atoms with van der Waals surface area (Å²) in [5, 5.41) is 18.9. The fourth-order valence-electron chi connectivity index (χ4n) is 5.80. The molecular weight excluding hydrogens is 627 g/mol. The topological polar surface area (TPSA) is 125 Å². The third-order valence-corrected chi connectivity index (χ3v) is 9.31. The molecule has 0 saturated heterocycles. The number of nitrogens with zero attached hydrogens (tertiary/aromatic N) is 2. The zero-order valence-corrected chi connectivity index (χ0v) is 26.7. The molecule has 2 atom stereocenters. The van der Waals surface area contributed by atoms with Crippen LogP contribution in [0.1, 0.15) is 66.7 Å². The Morgan fingerprint density at radius 1 is 1.19 bits per heavy atom. The number of hydrazine groups is 1. The van der Waals surface area contributed by atoms with Crippen LogP contribution in [0.2, 0.25) is 0 Å². The van der Waals surface area contributed by atoms with Crippen LogP contribution in [0.25, 0.3) is 17.3 Å². The van der Waals surface area contributed by atoms with Gasteiger partial charge in [0.05, 0.1) is 18.3 Å². The molecule has 0 radical (unpaired) electrons. The summed E-state index contributed by atoms with van der Waals surface area (Å²) in [5.74, 6) is -0.942. The van der Waals surface area contributed by atoms with Gasteiger partial charge in [-0.2, -0.15) is 0 Å². The second kappa shape index (κ2) is 11.7. The zero-order chi connectivity index (χ0) is 34.0. The highest BCUT2D eigenvalue weighted by atomic mass is 19.3. The average molecular weight is 664 g/mol. The summed E-state index contributed by atoms with van der Waals surface area (Å²) in [6.45, 7) is 2.53. The van der Waals surface area contributed by atoms with Crippen molar-refractivity contribution < 1.29 is 37.3 Å². The number of halogens is 3. The molecule has 0 unspecified atom stereocenters. The lowest BCUT2D eigenvalue weighted by atomic mass is 9.81. The Hall–Kier alpha value is -4.78. The Bertz CT molecular complexity index is 1830. The Kier molecular flexibility index (Phi) is 7.77. The first-order valence-corrected chi connectivity index (χ1v) is 15.9. The van der Waals surface area contributed by atoms with Crippen molar-refractivity contribution in [2.24, 2.45) is 0 Å². The van der Waals surface area contributed by atoms with E-state index in [2.05, 4.69) is 21.0 Å². The lowest BCUT2D eigenvalue weighted by Gasteiger charge is -2.30. The quantitative estimate of drug-likeness (QED) is 0.242. The Labute approximate surface area is 275 Å². The van der Waals surface area contributed by atoms with Crippen molar-refractivity contribution in [2.75, 3.05) is 25.6 Å². The predicted molar refractivity (Wildman–Crippen MR) is 171 cm³/mol. The Morgan fingerprint density at radius 2 is 1.92 bits per heavy atom. The molecular formula is C35H36F3N5O5. The first-order valence-electron chi connectivity index (χ1n) is 15.9. The van der Waals surface area contributed by atoms with E-state index >= 15 is 0 Å². The summed E-state index contributed by atoms with van der Waals surface area (Å²) in [7, 11) is 1.85. The number of carbonyl (C=O) groups is 2. The van der Waals surface area contributed by atoms with Crippen molar-refractivity contribution in [3.05, 3.63) is 76.4 Å². The minimum absolute atomic E-state index is 0.0256. The van der Waals surface area contributed by atoms with E-state index < -0.39 is 41.4 Å². The summed E-state index contributed by atoms with van der Waals surface area (Å²) in [4.78, 5) is 31.4. The lowest BCUT2D eigenvalue weighted by molar-refractivity contribution is -0.126. The van der Waals surface area contributed by atoms with Gasteiger partial charge in [0.15, 0.2) is 5.60 Å². The summed E-state index contributed by atoms with van der Waals surface area (Å²) in [6.07, 6.45) is 1.95. The standard InChI is InChI=1S/C35H36F3N5O5/c1-18-12-20-13-21(14-26(48-24-10-11-24)28(20)42-43(18)3)31(44)39-16-35(46,32(37)38)27-15-25-30(29(41-27)19-4-6-22(36)7-5-19)47-17-34(25,2)33(45)40-23-8-9-23/h4-7,12-15,23-24,32,42,46H,8-11,16-17H2,1-3H3,(H,39,44)(H,40,45)/t34-,35-/m0/s1. The van der Waals surface area contributed by atoms with Gasteiger partial charge in [-0.25, -0.2) is 18.2 Å². The van der Waals surface area contributed by atoms with Gasteiger partial charge in [-0.1, -0.05) is 0 Å². The van der Waals surface area contributed by atoms with Crippen LogP contribution in [0, 0.1) is 5.82 Å². The van der Waals surface area contributed by atoms with Gasteiger partial charge in [0.2, 0.25) is 5.91 Å². The number of amides is 2. The average Bonchev–Trinajstić information content (AvgIpc) is 4.01. The molecule has 1 aromatic heterocycles. The number of nitrogens with one attached hydrogen (secondary N) is 3. The van der Waals surface area contributed by atoms with E-state index in [0.29, 0.717) is 22.6 Å². The van der Waals surface area contributed by atoms with E-state index in [1.165, 1.54) is 30.3 Å². The summed E-state index contributed by atoms with van der Waals surface area (Å²) in [5.41, 5.74) is 1.57. The molecule has 7 rings (SSSR count). The number of pyridine rings is 1. The molecule has 2 aliphatic carbocycles. The molecule has 0 spiro atoms. The number of alkyl halides is 2. The Morgan fingerprint density at radius 3 is 2.58 bits per heavy atom. The van der Waals surface area contributed by atoms with E-state index in [1.54, 1.807) is 19.1 Å². The minimum atomic E-state index is -3.40. The first kappa shape index (κ1) is 31.8. The maximum absolute atomic E-state index is 15.0. The molecule has 2 aliphatic heterocycles. The summed E-state index contributed by atoms with van der Waals surface area (Å²) >= 11 is 0. The van der Waals surface area contributed by atoms with Crippen molar-refractivity contribution in [3.8, 4) is 22.8 Å². The fraction of sp³-hybridized carbons (Fsp3) is 0.400. The molecule has 48 heavy (non-hydrogen) atoms. The highest BCUT2D eigenvalue weighted by Gasteiger charge is 2.49. The van der Waals surface area contributed by atoms with Gasteiger partial charge in [-0.05, 0) is 88.1 Å². The van der Waals surface area contributed by atoms with E-state index in [-0.39, 0.29) is 47.2 Å². The van der Waals surface area contributed by atoms with Crippen molar-refractivity contribution in [3.63, 3.8) is 0 Å². The normalized spacial score (nSPS) is 20.9. The van der Waals surface area contributed by atoms with Gasteiger partial charge >= 0.3 is 0 Å². The van der Waals surface area contributed by atoms with Crippen molar-refractivity contribution in [2.45, 2.75) is 69.1 Å². The SMILES string of the molecule is CC1=Cc2cc(C(=O)NC[C@](O)(c3cc4c(c(-c5ccc(F)cc5)n3)OC[C@]4(C)C(=O)NC3CC3)C(F)F)cc(OC3CC3)c2NN1C. The molecule has 0 bridgehead atoms. The van der Waals surface area contributed by atoms with Crippen LogP contribution in [0.5, 0.6) is 11.5 Å². The van der Waals surface area contributed by atoms with E-state index in [9.17, 15) is 27.9 Å². The summed E-state index contributed by atoms with van der Waals surface area (Å²) < 4.78 is 55.8. The van der Waals surface area contributed by atoms with Crippen molar-refractivity contribution in [1.29, 1.82) is 0 Å². The molecule has 3 aromatic rings. The lowest BCUT2D eigenvalue weighted by Crippen LogP contribution is -2.47. The zero-order valence-electron chi connectivity index (χ0n) is 26.7. The molecule has 10 nitrogen and oxygen atoms in total. The van der Waals surface area contributed by atoms with Crippen LogP contribution >= 0.6 is 0 Å². The van der Waals surface area contributed by atoms with Crippen molar-refractivity contribution in [1.82, 2.24) is 20.6 Å². The number of allylic oxidation sites excluding steroid dienone is 1. The maximum Gasteiger partial charge on any atom is 0.274 e. The highest BCUT2D eigenvalue weighted by Crippen LogP contribution is 2.47. The molecule has 3 heterocycles. The molecule has 2 saturated carbocycles. The maximum atomic E-state index is 15.0. The van der Waals surface area contributed by atoms with Gasteiger partial charge in [0.25, 0.3) is 12.3 Å². The van der Waals surface area contributed by atoms with Crippen LogP contribution in [-0.4, -0.2) is 65.7 Å². The van der Waals surface area contributed by atoms with Gasteiger partial charge in [0.1, 0.15) is 40.7 Å². The van der Waals surface area contributed by atoms with Crippen LogP contribution < -0.4 is 25.5 Å².